The average molecular weight is 478 g/mol. The quantitative estimate of drug-likeness (QED) is 0.375. The van der Waals surface area contributed by atoms with Crippen molar-refractivity contribution in [2.75, 3.05) is 12.3 Å². The maximum atomic E-state index is 13.1. The third-order valence-corrected chi connectivity index (χ3v) is 5.96. The Morgan fingerprint density at radius 2 is 1.81 bits per heavy atom. The summed E-state index contributed by atoms with van der Waals surface area (Å²) in [4.78, 5) is 37.6. The summed E-state index contributed by atoms with van der Waals surface area (Å²) < 4.78 is 0. The number of amides is 2. The molecule has 0 aliphatic rings. The first kappa shape index (κ1) is 25.7. The number of thioether (sulfide) groups is 1. The highest BCUT2D eigenvalue weighted by molar-refractivity contribution is 7.99. The van der Waals surface area contributed by atoms with Crippen molar-refractivity contribution in [1.29, 1.82) is 0 Å². The van der Waals surface area contributed by atoms with Gasteiger partial charge >= 0.3 is 0 Å². The summed E-state index contributed by atoms with van der Waals surface area (Å²) in [7, 11) is 0. The summed E-state index contributed by atoms with van der Waals surface area (Å²) in [6.45, 7) is 6.55. The number of rotatable bonds is 11. The van der Waals surface area contributed by atoms with E-state index in [-0.39, 0.29) is 29.8 Å². The van der Waals surface area contributed by atoms with Gasteiger partial charge in [0.1, 0.15) is 6.04 Å². The maximum absolute atomic E-state index is 13.1. The number of hydrogen-bond acceptors (Lipinski definition) is 5. The van der Waals surface area contributed by atoms with Crippen molar-refractivity contribution in [1.82, 2.24) is 10.2 Å². The van der Waals surface area contributed by atoms with E-state index in [1.54, 1.807) is 36.1 Å². The second kappa shape index (κ2) is 12.5. The van der Waals surface area contributed by atoms with Crippen LogP contribution in [0.5, 0.6) is 0 Å². The van der Waals surface area contributed by atoms with Crippen LogP contribution in [-0.2, 0) is 21.9 Å². The van der Waals surface area contributed by atoms with Gasteiger partial charge in [0, 0.05) is 36.0 Å². The van der Waals surface area contributed by atoms with Gasteiger partial charge in [0.05, 0.1) is 10.7 Å². The zero-order chi connectivity index (χ0) is 23.7. The largest absolute Gasteiger partial charge is 0.354 e. The topological polar surface area (TPSA) is 92.6 Å². The SMILES string of the molecule is CC(C)CNC(=O)[C@H](C)N(Cc1cccc(Cl)c1)C(=O)CSCc1ccc([N+](=O)[O-])cc1. The second-order valence-electron chi connectivity index (χ2n) is 7.88. The Kier molecular flexibility index (Phi) is 9.99. The van der Waals surface area contributed by atoms with E-state index in [1.165, 1.54) is 23.9 Å². The molecule has 0 aromatic heterocycles. The van der Waals surface area contributed by atoms with Gasteiger partial charge in [0.2, 0.25) is 11.8 Å². The van der Waals surface area contributed by atoms with Gasteiger partial charge in [-0.2, -0.15) is 0 Å². The van der Waals surface area contributed by atoms with E-state index < -0.39 is 11.0 Å². The molecule has 0 heterocycles. The Labute approximate surface area is 197 Å². The highest BCUT2D eigenvalue weighted by Crippen LogP contribution is 2.19. The zero-order valence-corrected chi connectivity index (χ0v) is 20.0. The fourth-order valence-electron chi connectivity index (χ4n) is 2.92. The Bertz CT molecular complexity index is 937. The molecule has 2 aromatic carbocycles. The Morgan fingerprint density at radius 1 is 1.12 bits per heavy atom. The number of nitrogens with zero attached hydrogens (tertiary/aromatic N) is 2. The van der Waals surface area contributed by atoms with Crippen LogP contribution in [0.15, 0.2) is 48.5 Å². The van der Waals surface area contributed by atoms with E-state index in [1.807, 2.05) is 26.0 Å². The van der Waals surface area contributed by atoms with E-state index in [4.69, 9.17) is 11.6 Å². The molecule has 0 radical (unpaired) electrons. The molecule has 1 N–H and O–H groups in total. The molecule has 0 saturated heterocycles. The molecule has 1 atom stereocenters. The fourth-order valence-corrected chi connectivity index (χ4v) is 4.00. The van der Waals surface area contributed by atoms with Crippen molar-refractivity contribution in [3.8, 4) is 0 Å². The van der Waals surface area contributed by atoms with E-state index >= 15 is 0 Å². The molecule has 7 nitrogen and oxygen atoms in total. The number of nitrogens with one attached hydrogen (secondary N) is 1. The minimum Gasteiger partial charge on any atom is -0.354 e. The Hall–Kier alpha value is -2.58. The number of nitro groups is 1. The molecule has 0 bridgehead atoms. The first-order valence-corrected chi connectivity index (χ1v) is 11.8. The van der Waals surface area contributed by atoms with E-state index in [0.29, 0.717) is 23.2 Å². The lowest BCUT2D eigenvalue weighted by atomic mass is 10.1. The summed E-state index contributed by atoms with van der Waals surface area (Å²) in [5, 5.41) is 14.2. The van der Waals surface area contributed by atoms with Crippen LogP contribution < -0.4 is 5.32 Å². The lowest BCUT2D eigenvalue weighted by Gasteiger charge is -2.29. The molecular weight excluding hydrogens is 450 g/mol. The lowest BCUT2D eigenvalue weighted by molar-refractivity contribution is -0.384. The van der Waals surface area contributed by atoms with Gasteiger partial charge in [-0.3, -0.25) is 19.7 Å². The standard InChI is InChI=1S/C23H28ClN3O4S/c1-16(2)12-25-23(29)17(3)26(13-19-5-4-6-20(24)11-19)22(28)15-32-14-18-7-9-21(10-8-18)27(30)31/h4-11,16-17H,12-15H2,1-3H3,(H,25,29)/t17-/m0/s1. The van der Waals surface area contributed by atoms with Gasteiger partial charge in [0.15, 0.2) is 0 Å². The summed E-state index contributed by atoms with van der Waals surface area (Å²) in [5.41, 5.74) is 1.76. The summed E-state index contributed by atoms with van der Waals surface area (Å²) in [5.74, 6) is 0.654. The van der Waals surface area contributed by atoms with Gasteiger partial charge in [-0.25, -0.2) is 0 Å². The Morgan fingerprint density at radius 3 is 2.41 bits per heavy atom. The maximum Gasteiger partial charge on any atom is 0.269 e. The number of halogens is 1. The minimum absolute atomic E-state index is 0.0313. The molecule has 9 heteroatoms. The highest BCUT2D eigenvalue weighted by Gasteiger charge is 2.26. The fraction of sp³-hybridized carbons (Fsp3) is 0.391. The van der Waals surface area contributed by atoms with Crippen LogP contribution in [0, 0.1) is 16.0 Å². The summed E-state index contributed by atoms with van der Waals surface area (Å²) in [6, 6.07) is 12.8. The molecule has 0 aliphatic heterocycles. The number of carbonyl (C=O) groups is 2. The van der Waals surface area contributed by atoms with Gasteiger partial charge in [-0.15, -0.1) is 11.8 Å². The highest BCUT2D eigenvalue weighted by atomic mass is 35.5. The van der Waals surface area contributed by atoms with Crippen molar-refractivity contribution in [3.63, 3.8) is 0 Å². The third-order valence-electron chi connectivity index (χ3n) is 4.74. The van der Waals surface area contributed by atoms with Gasteiger partial charge in [0.25, 0.3) is 5.69 Å². The van der Waals surface area contributed by atoms with Crippen molar-refractivity contribution < 1.29 is 14.5 Å². The molecule has 0 spiro atoms. The predicted molar refractivity (Wildman–Crippen MR) is 129 cm³/mol. The normalized spacial score (nSPS) is 11.8. The van der Waals surface area contributed by atoms with Crippen molar-refractivity contribution in [2.45, 2.75) is 39.1 Å². The number of benzene rings is 2. The first-order chi connectivity index (χ1) is 15.2. The van der Waals surface area contributed by atoms with Crippen LogP contribution in [0.3, 0.4) is 0 Å². The molecule has 0 fully saturated rings. The molecule has 2 amide bonds. The van der Waals surface area contributed by atoms with Crippen LogP contribution in [0.25, 0.3) is 0 Å². The van der Waals surface area contributed by atoms with Crippen LogP contribution in [0.2, 0.25) is 5.02 Å². The molecule has 32 heavy (non-hydrogen) atoms. The molecule has 2 rings (SSSR count). The van der Waals surface area contributed by atoms with Crippen molar-refractivity contribution >= 4 is 40.9 Å². The van der Waals surface area contributed by atoms with E-state index in [0.717, 1.165) is 11.1 Å². The molecule has 0 saturated carbocycles. The zero-order valence-electron chi connectivity index (χ0n) is 18.4. The number of carbonyl (C=O) groups excluding carboxylic acids is 2. The average Bonchev–Trinajstić information content (AvgIpc) is 2.75. The minimum atomic E-state index is -0.639. The van der Waals surface area contributed by atoms with E-state index in [2.05, 4.69) is 5.32 Å². The summed E-state index contributed by atoms with van der Waals surface area (Å²) >= 11 is 7.49. The first-order valence-electron chi connectivity index (χ1n) is 10.3. The van der Waals surface area contributed by atoms with Gasteiger partial charge < -0.3 is 10.2 Å². The van der Waals surface area contributed by atoms with Gasteiger partial charge in [-0.05, 0) is 36.1 Å². The lowest BCUT2D eigenvalue weighted by Crippen LogP contribution is -2.48. The van der Waals surface area contributed by atoms with Gasteiger partial charge in [-0.1, -0.05) is 49.7 Å². The molecule has 0 aliphatic carbocycles. The number of nitro benzene ring substituents is 1. The Balaban J connectivity index is 2.04. The molecule has 2 aromatic rings. The molecule has 0 unspecified atom stereocenters. The third kappa shape index (κ3) is 8.16. The van der Waals surface area contributed by atoms with Crippen molar-refractivity contribution in [3.05, 3.63) is 74.8 Å². The second-order valence-corrected chi connectivity index (χ2v) is 9.30. The molecular formula is C23H28ClN3O4S. The van der Waals surface area contributed by atoms with Crippen LogP contribution >= 0.6 is 23.4 Å². The number of non-ortho nitro benzene ring substituents is 1. The van der Waals surface area contributed by atoms with Crippen molar-refractivity contribution in [2.24, 2.45) is 5.92 Å². The van der Waals surface area contributed by atoms with Crippen LogP contribution in [0.4, 0.5) is 5.69 Å². The monoisotopic (exact) mass is 477 g/mol. The predicted octanol–water partition coefficient (Wildman–Crippen LogP) is 4.67. The summed E-state index contributed by atoms with van der Waals surface area (Å²) in [6.07, 6.45) is 0. The smallest absolute Gasteiger partial charge is 0.269 e. The van der Waals surface area contributed by atoms with Crippen LogP contribution in [0.1, 0.15) is 31.9 Å². The molecule has 172 valence electrons. The number of hydrogen-bond donors (Lipinski definition) is 1. The van der Waals surface area contributed by atoms with E-state index in [9.17, 15) is 19.7 Å². The van der Waals surface area contributed by atoms with Crippen LogP contribution in [-0.4, -0.2) is 40.0 Å².